The summed E-state index contributed by atoms with van der Waals surface area (Å²) in [6.45, 7) is 0.244. The van der Waals surface area contributed by atoms with E-state index in [4.69, 9.17) is 4.74 Å². The van der Waals surface area contributed by atoms with E-state index in [2.05, 4.69) is 20.6 Å². The van der Waals surface area contributed by atoms with Crippen molar-refractivity contribution in [3.8, 4) is 5.75 Å². The molecule has 2 heterocycles. The molecule has 1 fully saturated rings. The van der Waals surface area contributed by atoms with E-state index < -0.39 is 17.4 Å². The van der Waals surface area contributed by atoms with E-state index in [1.165, 1.54) is 6.07 Å². The first-order chi connectivity index (χ1) is 16.4. The summed E-state index contributed by atoms with van der Waals surface area (Å²) < 4.78 is 5.67. The third kappa shape index (κ3) is 6.66. The molecule has 9 nitrogen and oxygen atoms in total. The fourth-order valence-corrected chi connectivity index (χ4v) is 4.13. The summed E-state index contributed by atoms with van der Waals surface area (Å²) >= 11 is 0. The Morgan fingerprint density at radius 2 is 1.82 bits per heavy atom. The lowest BCUT2D eigenvalue weighted by molar-refractivity contribution is -0.115. The van der Waals surface area contributed by atoms with Crippen LogP contribution in [0.15, 0.2) is 70.3 Å². The van der Waals surface area contributed by atoms with Crippen molar-refractivity contribution in [2.45, 2.75) is 43.9 Å². The summed E-state index contributed by atoms with van der Waals surface area (Å²) in [5.74, 6) is 0.412. The fourth-order valence-electron chi connectivity index (χ4n) is 4.13. The molecule has 1 aromatic heterocycles. The number of aliphatic hydroxyl groups excluding tert-OH is 1. The summed E-state index contributed by atoms with van der Waals surface area (Å²) in [7, 11) is 0. The number of para-hydroxylation sites is 1. The van der Waals surface area contributed by atoms with Gasteiger partial charge in [-0.25, -0.2) is 4.79 Å². The number of carbonyl (C=O) groups is 1. The van der Waals surface area contributed by atoms with Crippen molar-refractivity contribution >= 4 is 11.6 Å². The molecule has 5 N–H and O–H groups in total. The number of aliphatic hydroxyl groups is 1. The SMILES string of the molecule is O=C(Cc1cc(=O)[nH]c(=O)[nH]1)Nc1ccc(C[C@@H]2CC[C@H]([C@H](O)COc3ccccc3)N2)cc1. The van der Waals surface area contributed by atoms with E-state index in [0.29, 0.717) is 5.69 Å². The van der Waals surface area contributed by atoms with Crippen LogP contribution in [0, 0.1) is 0 Å². The van der Waals surface area contributed by atoms with Gasteiger partial charge in [0.05, 0.1) is 6.42 Å². The number of aromatic amines is 2. The lowest BCUT2D eigenvalue weighted by atomic mass is 10.0. The Balaban J connectivity index is 1.23. The molecule has 0 spiro atoms. The summed E-state index contributed by atoms with van der Waals surface area (Å²) in [4.78, 5) is 39.4. The van der Waals surface area contributed by atoms with Gasteiger partial charge in [0, 0.05) is 29.5 Å². The number of carbonyl (C=O) groups excluding carboxylic acids is 1. The number of hydrogen-bond acceptors (Lipinski definition) is 6. The van der Waals surface area contributed by atoms with E-state index in [0.717, 1.165) is 30.6 Å². The highest BCUT2D eigenvalue weighted by Crippen LogP contribution is 2.21. The normalized spacial score (nSPS) is 18.4. The van der Waals surface area contributed by atoms with Crippen molar-refractivity contribution in [1.82, 2.24) is 15.3 Å². The van der Waals surface area contributed by atoms with Crippen LogP contribution in [0.25, 0.3) is 0 Å². The Labute approximate surface area is 196 Å². The molecule has 4 rings (SSSR count). The lowest BCUT2D eigenvalue weighted by Gasteiger charge is -2.20. The maximum absolute atomic E-state index is 12.2. The van der Waals surface area contributed by atoms with E-state index in [-0.39, 0.29) is 36.7 Å². The first kappa shape index (κ1) is 23.5. The second-order valence-corrected chi connectivity index (χ2v) is 8.48. The number of nitrogens with one attached hydrogen (secondary N) is 4. The topological polar surface area (TPSA) is 136 Å². The molecular formula is C25H28N4O5. The van der Waals surface area contributed by atoms with Crippen LogP contribution >= 0.6 is 0 Å². The first-order valence-electron chi connectivity index (χ1n) is 11.3. The zero-order chi connectivity index (χ0) is 23.9. The van der Waals surface area contributed by atoms with Gasteiger partial charge in [-0.3, -0.25) is 14.6 Å². The highest BCUT2D eigenvalue weighted by Gasteiger charge is 2.29. The molecule has 1 aliphatic heterocycles. The number of amides is 1. The van der Waals surface area contributed by atoms with Gasteiger partial charge in [-0.1, -0.05) is 30.3 Å². The number of rotatable bonds is 9. The molecule has 3 aromatic rings. The predicted octanol–water partition coefficient (Wildman–Crippen LogP) is 1.35. The largest absolute Gasteiger partial charge is 0.491 e. The molecule has 0 unspecified atom stereocenters. The monoisotopic (exact) mass is 464 g/mol. The van der Waals surface area contributed by atoms with Crippen molar-refractivity contribution in [3.63, 3.8) is 0 Å². The van der Waals surface area contributed by atoms with Crippen molar-refractivity contribution in [2.24, 2.45) is 0 Å². The number of benzene rings is 2. The Bertz CT molecular complexity index is 1180. The second-order valence-electron chi connectivity index (χ2n) is 8.48. The third-order valence-electron chi connectivity index (χ3n) is 5.79. The molecule has 0 bridgehead atoms. The van der Waals surface area contributed by atoms with Gasteiger partial charge in [0.15, 0.2) is 0 Å². The molecule has 1 amide bonds. The van der Waals surface area contributed by atoms with E-state index in [9.17, 15) is 19.5 Å². The standard InChI is InChI=1S/C25H28N4O5/c30-22(15-34-20-4-2-1-3-5-20)21-11-10-18(26-21)12-16-6-8-17(9-7-16)27-23(31)13-19-14-24(32)29-25(33)28-19/h1-9,14,18,21-22,26,30H,10-13,15H2,(H,27,31)(H2,28,29,32,33)/t18-,21+,22+/m0/s1. The van der Waals surface area contributed by atoms with Crippen LogP contribution in [-0.2, 0) is 17.6 Å². The minimum absolute atomic E-state index is 0.0102. The molecule has 1 saturated heterocycles. The second kappa shape index (κ2) is 11.0. The average molecular weight is 465 g/mol. The van der Waals surface area contributed by atoms with Crippen LogP contribution < -0.4 is 26.6 Å². The van der Waals surface area contributed by atoms with Crippen LogP contribution in [0.4, 0.5) is 5.69 Å². The predicted molar refractivity (Wildman–Crippen MR) is 128 cm³/mol. The number of anilines is 1. The summed E-state index contributed by atoms with van der Waals surface area (Å²) in [6, 6.07) is 18.4. The first-order valence-corrected chi connectivity index (χ1v) is 11.3. The number of ether oxygens (including phenoxy) is 1. The van der Waals surface area contributed by atoms with Gasteiger partial charge < -0.3 is 25.5 Å². The quantitative estimate of drug-likeness (QED) is 0.324. The molecule has 178 valence electrons. The zero-order valence-corrected chi connectivity index (χ0v) is 18.6. The van der Waals surface area contributed by atoms with Crippen molar-refractivity contribution in [1.29, 1.82) is 0 Å². The van der Waals surface area contributed by atoms with Gasteiger partial charge in [-0.2, -0.15) is 0 Å². The number of hydrogen-bond donors (Lipinski definition) is 5. The van der Waals surface area contributed by atoms with Crippen molar-refractivity contribution in [3.05, 3.63) is 92.8 Å². The Morgan fingerprint density at radius 1 is 1.06 bits per heavy atom. The van der Waals surface area contributed by atoms with Gasteiger partial charge in [0.1, 0.15) is 18.5 Å². The minimum Gasteiger partial charge on any atom is -0.491 e. The van der Waals surface area contributed by atoms with E-state index >= 15 is 0 Å². The smallest absolute Gasteiger partial charge is 0.325 e. The molecule has 0 saturated carbocycles. The van der Waals surface area contributed by atoms with Crippen LogP contribution in [-0.4, -0.2) is 45.8 Å². The van der Waals surface area contributed by atoms with Crippen LogP contribution in [0.2, 0.25) is 0 Å². The zero-order valence-electron chi connectivity index (χ0n) is 18.6. The van der Waals surface area contributed by atoms with Gasteiger partial charge in [0.2, 0.25) is 5.91 Å². The molecule has 34 heavy (non-hydrogen) atoms. The van der Waals surface area contributed by atoms with Gasteiger partial charge in [-0.05, 0) is 49.1 Å². The summed E-state index contributed by atoms with van der Waals surface area (Å²) in [6.07, 6.45) is 1.95. The fraction of sp³-hybridized carbons (Fsp3) is 0.320. The molecule has 0 radical (unpaired) electrons. The summed E-state index contributed by atoms with van der Waals surface area (Å²) in [5.41, 5.74) is 0.812. The maximum atomic E-state index is 12.2. The van der Waals surface area contributed by atoms with Crippen molar-refractivity contribution < 1.29 is 14.6 Å². The Kier molecular flexibility index (Phi) is 7.56. The van der Waals surface area contributed by atoms with Crippen LogP contribution in [0.5, 0.6) is 5.75 Å². The molecule has 9 heteroatoms. The van der Waals surface area contributed by atoms with E-state index in [1.807, 2.05) is 54.6 Å². The number of aromatic nitrogens is 2. The Morgan fingerprint density at radius 3 is 2.56 bits per heavy atom. The molecule has 0 aliphatic carbocycles. The Hall–Kier alpha value is -3.69. The third-order valence-corrected chi connectivity index (χ3v) is 5.79. The average Bonchev–Trinajstić information content (AvgIpc) is 3.27. The highest BCUT2D eigenvalue weighted by molar-refractivity contribution is 5.91. The maximum Gasteiger partial charge on any atom is 0.325 e. The van der Waals surface area contributed by atoms with E-state index in [1.54, 1.807) is 0 Å². The van der Waals surface area contributed by atoms with Crippen molar-refractivity contribution in [2.75, 3.05) is 11.9 Å². The number of H-pyrrole nitrogens is 2. The van der Waals surface area contributed by atoms with Gasteiger partial charge in [0.25, 0.3) is 5.56 Å². The van der Waals surface area contributed by atoms with Crippen LogP contribution in [0.1, 0.15) is 24.1 Å². The summed E-state index contributed by atoms with van der Waals surface area (Å²) in [5, 5.41) is 16.7. The van der Waals surface area contributed by atoms with Gasteiger partial charge >= 0.3 is 5.69 Å². The highest BCUT2D eigenvalue weighted by atomic mass is 16.5. The van der Waals surface area contributed by atoms with Crippen LogP contribution in [0.3, 0.4) is 0 Å². The molecule has 2 aromatic carbocycles. The minimum atomic E-state index is -0.640. The van der Waals surface area contributed by atoms with Gasteiger partial charge in [-0.15, -0.1) is 0 Å². The lowest BCUT2D eigenvalue weighted by Crippen LogP contribution is -2.42. The molecule has 3 atom stereocenters. The molecular weight excluding hydrogens is 436 g/mol. The molecule has 1 aliphatic rings.